The Morgan fingerprint density at radius 3 is 2.72 bits per heavy atom. The van der Waals surface area contributed by atoms with Gasteiger partial charge in [-0.1, -0.05) is 26.8 Å². The number of nitrogens with one attached hydrogen (secondary N) is 1. The van der Waals surface area contributed by atoms with Crippen molar-refractivity contribution in [2.45, 2.75) is 32.7 Å². The van der Waals surface area contributed by atoms with E-state index in [1.54, 1.807) is 23.5 Å². The van der Waals surface area contributed by atoms with Gasteiger partial charge in [0.15, 0.2) is 0 Å². The highest BCUT2D eigenvalue weighted by Crippen LogP contribution is 2.26. The molecule has 0 unspecified atom stereocenters. The molecule has 0 saturated carbocycles. The Bertz CT molecular complexity index is 529. The van der Waals surface area contributed by atoms with E-state index in [9.17, 15) is 5.11 Å². The molecule has 96 valence electrons. The summed E-state index contributed by atoms with van der Waals surface area (Å²) in [6.45, 7) is 7.17. The standard InChI is InChI=1S/C14H18N2OS/c1-14(2,3)13-16-11(9-18-13)8-15-10-5-4-6-12(17)7-10/h4-7,9,15,17H,8H2,1-3H3. The van der Waals surface area contributed by atoms with Gasteiger partial charge >= 0.3 is 0 Å². The number of rotatable bonds is 3. The number of thiazole rings is 1. The van der Waals surface area contributed by atoms with Crippen molar-refractivity contribution in [2.75, 3.05) is 5.32 Å². The Labute approximate surface area is 112 Å². The second-order valence-electron chi connectivity index (χ2n) is 5.30. The number of aromatic nitrogens is 1. The Morgan fingerprint density at radius 1 is 1.33 bits per heavy atom. The maximum absolute atomic E-state index is 9.37. The normalized spacial score (nSPS) is 11.5. The maximum atomic E-state index is 9.37. The van der Waals surface area contributed by atoms with E-state index < -0.39 is 0 Å². The SMILES string of the molecule is CC(C)(C)c1nc(CNc2cccc(O)c2)cs1. The van der Waals surface area contributed by atoms with Crippen molar-refractivity contribution >= 4 is 17.0 Å². The number of benzene rings is 1. The molecule has 0 atom stereocenters. The topological polar surface area (TPSA) is 45.2 Å². The average Bonchev–Trinajstić information content (AvgIpc) is 2.74. The highest BCUT2D eigenvalue weighted by Gasteiger charge is 2.17. The predicted octanol–water partition coefficient (Wildman–Crippen LogP) is 3.76. The molecule has 0 spiro atoms. The third-order valence-electron chi connectivity index (χ3n) is 2.51. The summed E-state index contributed by atoms with van der Waals surface area (Å²) in [5.41, 5.74) is 2.04. The molecule has 1 aromatic carbocycles. The minimum Gasteiger partial charge on any atom is -0.508 e. The average molecular weight is 262 g/mol. The Balaban J connectivity index is 2.01. The Morgan fingerprint density at radius 2 is 2.11 bits per heavy atom. The van der Waals surface area contributed by atoms with Crippen LogP contribution in [0.1, 0.15) is 31.5 Å². The third-order valence-corrected chi connectivity index (χ3v) is 3.83. The number of hydrogen-bond acceptors (Lipinski definition) is 4. The lowest BCUT2D eigenvalue weighted by atomic mass is 9.98. The third kappa shape index (κ3) is 3.23. The van der Waals surface area contributed by atoms with Gasteiger partial charge in [-0.15, -0.1) is 11.3 Å². The van der Waals surface area contributed by atoms with Crippen molar-refractivity contribution in [3.8, 4) is 5.75 Å². The second-order valence-corrected chi connectivity index (χ2v) is 6.16. The van der Waals surface area contributed by atoms with Gasteiger partial charge in [0, 0.05) is 22.5 Å². The van der Waals surface area contributed by atoms with E-state index in [1.807, 2.05) is 12.1 Å². The molecule has 3 nitrogen and oxygen atoms in total. The van der Waals surface area contributed by atoms with Gasteiger partial charge in [0.1, 0.15) is 5.75 Å². The fourth-order valence-electron chi connectivity index (χ4n) is 1.54. The van der Waals surface area contributed by atoms with Gasteiger partial charge < -0.3 is 10.4 Å². The molecule has 0 aliphatic carbocycles. The van der Waals surface area contributed by atoms with Crippen LogP contribution in [0.25, 0.3) is 0 Å². The molecule has 2 aromatic rings. The molecule has 18 heavy (non-hydrogen) atoms. The van der Waals surface area contributed by atoms with Crippen LogP contribution in [0, 0.1) is 0 Å². The molecule has 1 heterocycles. The zero-order valence-electron chi connectivity index (χ0n) is 10.9. The van der Waals surface area contributed by atoms with Crippen molar-refractivity contribution in [1.82, 2.24) is 4.98 Å². The van der Waals surface area contributed by atoms with Gasteiger partial charge in [-0.25, -0.2) is 4.98 Å². The molecule has 0 bridgehead atoms. The van der Waals surface area contributed by atoms with E-state index in [1.165, 1.54) is 0 Å². The van der Waals surface area contributed by atoms with Crippen molar-refractivity contribution in [3.63, 3.8) is 0 Å². The van der Waals surface area contributed by atoms with E-state index in [0.717, 1.165) is 16.4 Å². The quantitative estimate of drug-likeness (QED) is 0.885. The highest BCUT2D eigenvalue weighted by atomic mass is 32.1. The molecular formula is C14H18N2OS. The van der Waals surface area contributed by atoms with Gasteiger partial charge in [-0.05, 0) is 12.1 Å². The fourth-order valence-corrected chi connectivity index (χ4v) is 2.45. The Hall–Kier alpha value is -1.55. The van der Waals surface area contributed by atoms with Gasteiger partial charge in [-0.2, -0.15) is 0 Å². The first-order valence-electron chi connectivity index (χ1n) is 5.93. The zero-order chi connectivity index (χ0) is 13.2. The van der Waals surface area contributed by atoms with Crippen LogP contribution in [-0.2, 0) is 12.0 Å². The van der Waals surface area contributed by atoms with E-state index in [2.05, 4.69) is 36.5 Å². The maximum Gasteiger partial charge on any atom is 0.117 e. The molecule has 0 fully saturated rings. The largest absolute Gasteiger partial charge is 0.508 e. The summed E-state index contributed by atoms with van der Waals surface area (Å²) in [6, 6.07) is 7.11. The lowest BCUT2D eigenvalue weighted by Gasteiger charge is -2.13. The molecule has 2 N–H and O–H groups in total. The van der Waals surface area contributed by atoms with Crippen LogP contribution < -0.4 is 5.32 Å². The minimum atomic E-state index is 0.105. The van der Waals surface area contributed by atoms with Crippen molar-refractivity contribution in [3.05, 3.63) is 40.3 Å². The van der Waals surface area contributed by atoms with E-state index in [4.69, 9.17) is 0 Å². The van der Waals surface area contributed by atoms with Crippen LogP contribution in [0.4, 0.5) is 5.69 Å². The minimum absolute atomic E-state index is 0.105. The highest BCUT2D eigenvalue weighted by molar-refractivity contribution is 7.09. The van der Waals surface area contributed by atoms with Crippen LogP contribution in [0.2, 0.25) is 0 Å². The number of anilines is 1. The predicted molar refractivity (Wildman–Crippen MR) is 76.2 cm³/mol. The Kier molecular flexibility index (Phi) is 3.57. The zero-order valence-corrected chi connectivity index (χ0v) is 11.7. The summed E-state index contributed by atoms with van der Waals surface area (Å²) >= 11 is 1.69. The van der Waals surface area contributed by atoms with Crippen LogP contribution in [0.5, 0.6) is 5.75 Å². The van der Waals surface area contributed by atoms with E-state index in [0.29, 0.717) is 6.54 Å². The second kappa shape index (κ2) is 4.98. The summed E-state index contributed by atoms with van der Waals surface area (Å²) in [7, 11) is 0. The summed E-state index contributed by atoms with van der Waals surface area (Å²) in [6.07, 6.45) is 0. The molecule has 1 aromatic heterocycles. The number of phenolic OH excluding ortho intramolecular Hbond substituents is 1. The van der Waals surface area contributed by atoms with Crippen LogP contribution in [0.15, 0.2) is 29.6 Å². The van der Waals surface area contributed by atoms with Gasteiger partial charge in [0.25, 0.3) is 0 Å². The van der Waals surface area contributed by atoms with E-state index >= 15 is 0 Å². The number of phenols is 1. The first kappa shape index (κ1) is 12.9. The monoisotopic (exact) mass is 262 g/mol. The molecule has 0 amide bonds. The van der Waals surface area contributed by atoms with Gasteiger partial charge in [-0.3, -0.25) is 0 Å². The van der Waals surface area contributed by atoms with Crippen LogP contribution in [-0.4, -0.2) is 10.1 Å². The molecule has 2 rings (SSSR count). The van der Waals surface area contributed by atoms with Gasteiger partial charge in [0.05, 0.1) is 17.2 Å². The summed E-state index contributed by atoms with van der Waals surface area (Å²) in [5, 5.41) is 15.8. The van der Waals surface area contributed by atoms with Crippen molar-refractivity contribution < 1.29 is 5.11 Å². The lowest BCUT2D eigenvalue weighted by Crippen LogP contribution is -2.11. The van der Waals surface area contributed by atoms with Crippen LogP contribution in [0.3, 0.4) is 0 Å². The molecule has 0 saturated heterocycles. The van der Waals surface area contributed by atoms with Gasteiger partial charge in [0.2, 0.25) is 0 Å². The molecule has 0 aliphatic heterocycles. The number of hydrogen-bond donors (Lipinski definition) is 2. The van der Waals surface area contributed by atoms with Crippen LogP contribution >= 0.6 is 11.3 Å². The van der Waals surface area contributed by atoms with Crippen molar-refractivity contribution in [1.29, 1.82) is 0 Å². The summed E-state index contributed by atoms with van der Waals surface area (Å²) in [5.74, 6) is 0.272. The van der Waals surface area contributed by atoms with E-state index in [-0.39, 0.29) is 11.2 Å². The summed E-state index contributed by atoms with van der Waals surface area (Å²) in [4.78, 5) is 4.61. The first-order chi connectivity index (χ1) is 8.45. The molecular weight excluding hydrogens is 244 g/mol. The molecule has 0 radical (unpaired) electrons. The smallest absolute Gasteiger partial charge is 0.117 e. The molecule has 4 heteroatoms. The number of aromatic hydroxyl groups is 1. The summed E-state index contributed by atoms with van der Waals surface area (Å²) < 4.78 is 0. The first-order valence-corrected chi connectivity index (χ1v) is 6.81. The number of nitrogens with zero attached hydrogens (tertiary/aromatic N) is 1. The molecule has 0 aliphatic rings. The fraction of sp³-hybridized carbons (Fsp3) is 0.357. The lowest BCUT2D eigenvalue weighted by molar-refractivity contribution is 0.475. The van der Waals surface area contributed by atoms with Crippen molar-refractivity contribution in [2.24, 2.45) is 0 Å².